The van der Waals surface area contributed by atoms with E-state index in [-0.39, 0.29) is 30.2 Å². The Morgan fingerprint density at radius 3 is 1.25 bits per heavy atom. The van der Waals surface area contributed by atoms with Crippen molar-refractivity contribution < 1.29 is 0 Å². The Hall–Kier alpha value is 1.62. The van der Waals surface area contributed by atoms with E-state index in [1.54, 1.807) is 0 Å². The summed E-state index contributed by atoms with van der Waals surface area (Å²) >= 11 is -0.181. The van der Waals surface area contributed by atoms with Crippen LogP contribution >= 0.6 is 20.2 Å². The predicted molar refractivity (Wildman–Crippen MR) is 23.2 cm³/mol. The maximum atomic E-state index is 4.83. The van der Waals surface area contributed by atoms with Gasteiger partial charge in [-0.25, -0.2) is 0 Å². The zero-order chi connectivity index (χ0) is 2.71. The molecule has 0 aromatic carbocycles. The Bertz CT molecular complexity index is 4.00. The van der Waals surface area contributed by atoms with Crippen LogP contribution in [0.15, 0.2) is 0 Å². The van der Waals surface area contributed by atoms with Crippen LogP contribution in [0.25, 0.3) is 0 Å². The normalized spacial score (nSPS) is 4.50. The quantitative estimate of drug-likeness (QED) is 0.534. The molecule has 0 atom stereocenters. The summed E-state index contributed by atoms with van der Waals surface area (Å²) in [6.45, 7) is 0. The molecule has 0 saturated heterocycles. The van der Waals surface area contributed by atoms with Crippen molar-refractivity contribution in [2.75, 3.05) is 0 Å². The third-order valence-electron chi connectivity index (χ3n) is 0. The molecule has 0 aliphatic heterocycles. The van der Waals surface area contributed by atoms with Gasteiger partial charge < -0.3 is 0 Å². The standard InChI is InChI=1S/Cl2Se.Se/c1-3-2;. The molecule has 0 fully saturated rings. The minimum atomic E-state index is -0.181. The average molecular weight is 229 g/mol. The van der Waals surface area contributed by atoms with E-state index < -0.39 is 0 Å². The van der Waals surface area contributed by atoms with Crippen LogP contribution in [0.2, 0.25) is 0 Å². The van der Waals surface area contributed by atoms with Gasteiger partial charge in [-0.2, -0.15) is 0 Å². The Morgan fingerprint density at radius 2 is 1.25 bits per heavy atom. The molecule has 0 aliphatic rings. The fourth-order valence-corrected chi connectivity index (χ4v) is 0. The van der Waals surface area contributed by atoms with E-state index in [9.17, 15) is 0 Å². The zero-order valence-electron chi connectivity index (χ0n) is 1.57. The molecule has 26 valence electrons. The van der Waals surface area contributed by atoms with E-state index in [1.807, 2.05) is 0 Å². The topological polar surface area (TPSA) is 0 Å². The molecular formula is Cl2Se2. The first-order chi connectivity index (χ1) is 1.41. The molecule has 0 rings (SSSR count). The summed E-state index contributed by atoms with van der Waals surface area (Å²) in [7, 11) is 9.65. The van der Waals surface area contributed by atoms with Gasteiger partial charge in [0.1, 0.15) is 0 Å². The first-order valence-electron chi connectivity index (χ1n) is 0.309. The van der Waals surface area contributed by atoms with Crippen molar-refractivity contribution in [1.82, 2.24) is 0 Å². The molecule has 0 bridgehead atoms. The van der Waals surface area contributed by atoms with Crippen LogP contribution in [0.5, 0.6) is 0 Å². The second-order valence-electron chi connectivity index (χ2n) is 0.0583. The van der Waals surface area contributed by atoms with Gasteiger partial charge in [-0.05, 0) is 0 Å². The number of halogens is 2. The molecule has 4 heavy (non-hydrogen) atoms. The van der Waals surface area contributed by atoms with Gasteiger partial charge in [0.05, 0.1) is 0 Å². The second-order valence-corrected chi connectivity index (χ2v) is 2.73. The van der Waals surface area contributed by atoms with Crippen LogP contribution in [0.1, 0.15) is 0 Å². The van der Waals surface area contributed by atoms with E-state index >= 15 is 0 Å². The van der Waals surface area contributed by atoms with Gasteiger partial charge in [0.2, 0.25) is 0 Å². The third kappa shape index (κ3) is 9.47. The van der Waals surface area contributed by atoms with Crippen LogP contribution in [0, 0.1) is 0 Å². The molecule has 0 spiro atoms. The summed E-state index contributed by atoms with van der Waals surface area (Å²) in [6.07, 6.45) is 0. The molecule has 4 heteroatoms. The third-order valence-corrected chi connectivity index (χ3v) is 0. The smallest absolute Gasteiger partial charge is 0 e. The first-order valence-corrected chi connectivity index (χ1v) is 4.81. The Morgan fingerprint density at radius 1 is 1.25 bits per heavy atom. The van der Waals surface area contributed by atoms with E-state index in [0.29, 0.717) is 0 Å². The average Bonchev–Trinajstić information content (AvgIpc) is 0.918. The molecule has 0 nitrogen and oxygen atoms in total. The Kier molecular flexibility index (Phi) is 20.2. The molecule has 0 unspecified atom stereocenters. The molecule has 0 aliphatic carbocycles. The maximum Gasteiger partial charge on any atom is 0 e. The molecule has 0 amide bonds. The van der Waals surface area contributed by atoms with Gasteiger partial charge in [-0.1, -0.05) is 0 Å². The SMILES string of the molecule is Cl[Se]Cl.[Se]. The van der Waals surface area contributed by atoms with E-state index in [1.165, 1.54) is 0 Å². The van der Waals surface area contributed by atoms with Crippen LogP contribution in [0.3, 0.4) is 0 Å². The van der Waals surface area contributed by atoms with Crippen molar-refractivity contribution in [3.63, 3.8) is 0 Å². The number of hydrogen-bond acceptors (Lipinski definition) is 0. The van der Waals surface area contributed by atoms with Crippen molar-refractivity contribution in [2.45, 2.75) is 0 Å². The second kappa shape index (κ2) is 8.82. The summed E-state index contributed by atoms with van der Waals surface area (Å²) in [5, 5.41) is 0. The Balaban J connectivity index is 0. The van der Waals surface area contributed by atoms with Gasteiger partial charge in [-0.3, -0.25) is 0 Å². The molecule has 0 saturated carbocycles. The van der Waals surface area contributed by atoms with Crippen molar-refractivity contribution in [2.24, 2.45) is 0 Å². The van der Waals surface area contributed by atoms with Gasteiger partial charge in [0.25, 0.3) is 0 Å². The molecule has 0 aromatic rings. The molecule has 2 radical (unpaired) electrons. The molecular weight excluding hydrogens is 229 g/mol. The molecule has 0 N–H and O–H groups in total. The van der Waals surface area contributed by atoms with Crippen LogP contribution in [-0.4, -0.2) is 30.2 Å². The molecule has 0 aromatic heterocycles. The summed E-state index contributed by atoms with van der Waals surface area (Å²) in [6, 6.07) is 0. The fraction of sp³-hybridized carbons (Fsp3) is 0. The largest absolute Gasteiger partial charge is 0 e. The summed E-state index contributed by atoms with van der Waals surface area (Å²) in [5.74, 6) is 0. The van der Waals surface area contributed by atoms with E-state index in [4.69, 9.17) is 20.2 Å². The minimum Gasteiger partial charge on any atom is 0 e. The minimum absolute atomic E-state index is 0. The van der Waals surface area contributed by atoms with E-state index in [2.05, 4.69) is 0 Å². The van der Waals surface area contributed by atoms with Gasteiger partial charge >= 0.3 is 33.3 Å². The van der Waals surface area contributed by atoms with Crippen LogP contribution in [0.4, 0.5) is 0 Å². The Labute approximate surface area is 50.3 Å². The van der Waals surface area contributed by atoms with Crippen molar-refractivity contribution >= 4 is 50.4 Å². The van der Waals surface area contributed by atoms with Crippen LogP contribution < -0.4 is 0 Å². The fourth-order valence-electron chi connectivity index (χ4n) is 0. The summed E-state index contributed by atoms with van der Waals surface area (Å²) < 4.78 is 0. The maximum absolute atomic E-state index is 4.83. The predicted octanol–water partition coefficient (Wildman–Crippen LogP) is 0.617. The summed E-state index contributed by atoms with van der Waals surface area (Å²) in [5.41, 5.74) is 0. The number of rotatable bonds is 0. The monoisotopic (exact) mass is 230 g/mol. The molecule has 0 heterocycles. The number of hydrogen-bond donors (Lipinski definition) is 0. The van der Waals surface area contributed by atoms with Gasteiger partial charge in [0.15, 0.2) is 0 Å². The van der Waals surface area contributed by atoms with Crippen LogP contribution in [-0.2, 0) is 0 Å². The first kappa shape index (κ1) is 9.15. The van der Waals surface area contributed by atoms with Gasteiger partial charge in [0, 0.05) is 17.1 Å². The summed E-state index contributed by atoms with van der Waals surface area (Å²) in [4.78, 5) is 0. The zero-order valence-corrected chi connectivity index (χ0v) is 6.51. The van der Waals surface area contributed by atoms with Crippen molar-refractivity contribution in [1.29, 1.82) is 0 Å². The van der Waals surface area contributed by atoms with Gasteiger partial charge in [-0.15, -0.1) is 0 Å². The van der Waals surface area contributed by atoms with Crippen molar-refractivity contribution in [3.05, 3.63) is 0 Å². The van der Waals surface area contributed by atoms with E-state index in [0.717, 1.165) is 0 Å². The van der Waals surface area contributed by atoms with Crippen molar-refractivity contribution in [3.8, 4) is 0 Å².